The molecular formula is C9H11N3O4S2. The standard InChI is InChI=1S/C9H11N3O4S2/c13-5-11-6(8(15)16)3-17-4-7(14)12-9-10-1-2-18-9/h1-2,5-6H,3-4H2,(H,11,13)(H,15,16)(H,10,12,14). The number of aliphatic carboxylic acids is 1. The molecule has 0 fully saturated rings. The number of aromatic nitrogens is 1. The Bertz CT molecular complexity index is 410. The van der Waals surface area contributed by atoms with Crippen molar-refractivity contribution >= 4 is 46.5 Å². The number of nitrogens with one attached hydrogen (secondary N) is 2. The smallest absolute Gasteiger partial charge is 0.327 e. The zero-order valence-electron chi connectivity index (χ0n) is 9.16. The monoisotopic (exact) mass is 289 g/mol. The van der Waals surface area contributed by atoms with E-state index in [1.54, 1.807) is 11.6 Å². The van der Waals surface area contributed by atoms with Gasteiger partial charge in [0.05, 0.1) is 5.75 Å². The molecule has 1 aromatic heterocycles. The first-order valence-electron chi connectivity index (χ1n) is 4.83. The summed E-state index contributed by atoms with van der Waals surface area (Å²) in [6.45, 7) is 0. The number of hydrogen-bond acceptors (Lipinski definition) is 6. The van der Waals surface area contributed by atoms with Gasteiger partial charge in [0.25, 0.3) is 0 Å². The molecule has 1 heterocycles. The normalized spacial score (nSPS) is 11.6. The number of carbonyl (C=O) groups is 3. The summed E-state index contributed by atoms with van der Waals surface area (Å²) in [5.74, 6) is -1.16. The molecule has 0 saturated heterocycles. The lowest BCUT2D eigenvalue weighted by molar-refractivity contribution is -0.139. The van der Waals surface area contributed by atoms with Crippen LogP contribution in [0, 0.1) is 0 Å². The lowest BCUT2D eigenvalue weighted by Gasteiger charge is -2.09. The SMILES string of the molecule is O=CNC(CSCC(=O)Nc1nccs1)C(=O)O. The van der Waals surface area contributed by atoms with Crippen LogP contribution in [-0.2, 0) is 14.4 Å². The molecule has 7 nitrogen and oxygen atoms in total. The van der Waals surface area contributed by atoms with Crippen molar-refractivity contribution in [3.8, 4) is 0 Å². The van der Waals surface area contributed by atoms with E-state index in [1.807, 2.05) is 0 Å². The van der Waals surface area contributed by atoms with Crippen molar-refractivity contribution in [1.29, 1.82) is 0 Å². The second-order valence-electron chi connectivity index (χ2n) is 3.08. The maximum absolute atomic E-state index is 11.4. The Hall–Kier alpha value is -1.61. The molecular weight excluding hydrogens is 278 g/mol. The van der Waals surface area contributed by atoms with Crippen LogP contribution in [0.3, 0.4) is 0 Å². The average molecular weight is 289 g/mol. The highest BCUT2D eigenvalue weighted by Crippen LogP contribution is 2.11. The van der Waals surface area contributed by atoms with Crippen molar-refractivity contribution in [1.82, 2.24) is 10.3 Å². The van der Waals surface area contributed by atoms with Gasteiger partial charge in [0.15, 0.2) is 5.13 Å². The van der Waals surface area contributed by atoms with Crippen molar-refractivity contribution in [3.63, 3.8) is 0 Å². The first-order chi connectivity index (χ1) is 8.63. The summed E-state index contributed by atoms with van der Waals surface area (Å²) in [5, 5.41) is 15.7. The molecule has 1 aromatic rings. The highest BCUT2D eigenvalue weighted by atomic mass is 32.2. The van der Waals surface area contributed by atoms with E-state index in [1.165, 1.54) is 11.3 Å². The van der Waals surface area contributed by atoms with Crippen LogP contribution >= 0.6 is 23.1 Å². The second kappa shape index (κ2) is 7.67. The Balaban J connectivity index is 2.25. The number of rotatable bonds is 8. The van der Waals surface area contributed by atoms with Crippen molar-refractivity contribution in [2.45, 2.75) is 6.04 Å². The predicted octanol–water partition coefficient (Wildman–Crippen LogP) is 0.0140. The van der Waals surface area contributed by atoms with Gasteiger partial charge >= 0.3 is 5.97 Å². The average Bonchev–Trinajstić information content (AvgIpc) is 2.80. The number of carboxylic acid groups (broad SMARTS) is 1. The van der Waals surface area contributed by atoms with Gasteiger partial charge in [-0.25, -0.2) is 9.78 Å². The van der Waals surface area contributed by atoms with Crippen molar-refractivity contribution < 1.29 is 19.5 Å². The molecule has 0 aliphatic heterocycles. The van der Waals surface area contributed by atoms with E-state index >= 15 is 0 Å². The Morgan fingerprint density at radius 1 is 1.61 bits per heavy atom. The van der Waals surface area contributed by atoms with Gasteiger partial charge in [-0.1, -0.05) is 0 Å². The lowest BCUT2D eigenvalue weighted by Crippen LogP contribution is -2.38. The van der Waals surface area contributed by atoms with Gasteiger partial charge in [-0.2, -0.15) is 0 Å². The fourth-order valence-corrected chi connectivity index (χ4v) is 2.38. The fraction of sp³-hybridized carbons (Fsp3) is 0.333. The summed E-state index contributed by atoms with van der Waals surface area (Å²) in [7, 11) is 0. The molecule has 0 saturated carbocycles. The fourth-order valence-electron chi connectivity index (χ4n) is 0.983. The molecule has 0 radical (unpaired) electrons. The molecule has 9 heteroatoms. The van der Waals surface area contributed by atoms with E-state index in [9.17, 15) is 14.4 Å². The van der Waals surface area contributed by atoms with Crippen LogP contribution in [0.25, 0.3) is 0 Å². The maximum atomic E-state index is 11.4. The highest BCUT2D eigenvalue weighted by Gasteiger charge is 2.16. The number of anilines is 1. The van der Waals surface area contributed by atoms with Gasteiger partial charge in [0.2, 0.25) is 12.3 Å². The predicted molar refractivity (Wildman–Crippen MR) is 68.7 cm³/mol. The first kappa shape index (κ1) is 14.5. The van der Waals surface area contributed by atoms with Crippen LogP contribution in [0.15, 0.2) is 11.6 Å². The van der Waals surface area contributed by atoms with Gasteiger partial charge in [-0.15, -0.1) is 23.1 Å². The third-order valence-electron chi connectivity index (χ3n) is 1.76. The number of thiazole rings is 1. The molecule has 3 N–H and O–H groups in total. The second-order valence-corrected chi connectivity index (χ2v) is 5.00. The summed E-state index contributed by atoms with van der Waals surface area (Å²) in [6, 6.07) is -0.986. The van der Waals surface area contributed by atoms with Crippen LogP contribution in [0.2, 0.25) is 0 Å². The molecule has 2 amide bonds. The Kier molecular flexibility index (Phi) is 6.15. The van der Waals surface area contributed by atoms with Gasteiger partial charge in [0, 0.05) is 17.3 Å². The number of carbonyl (C=O) groups excluding carboxylic acids is 2. The van der Waals surface area contributed by atoms with E-state index in [0.717, 1.165) is 11.8 Å². The summed E-state index contributed by atoms with van der Waals surface area (Å²) in [4.78, 5) is 36.1. The molecule has 98 valence electrons. The summed E-state index contributed by atoms with van der Waals surface area (Å²) >= 11 is 2.42. The molecule has 1 atom stereocenters. The van der Waals surface area contributed by atoms with E-state index in [4.69, 9.17) is 5.11 Å². The van der Waals surface area contributed by atoms with Crippen LogP contribution in [0.1, 0.15) is 0 Å². The molecule has 0 aliphatic rings. The van der Waals surface area contributed by atoms with E-state index < -0.39 is 12.0 Å². The van der Waals surface area contributed by atoms with Crippen LogP contribution in [0.5, 0.6) is 0 Å². The molecule has 0 spiro atoms. The van der Waals surface area contributed by atoms with E-state index in [-0.39, 0.29) is 17.4 Å². The number of hydrogen-bond donors (Lipinski definition) is 3. The quantitative estimate of drug-likeness (QED) is 0.582. The van der Waals surface area contributed by atoms with Crippen LogP contribution < -0.4 is 10.6 Å². The molecule has 0 aliphatic carbocycles. The zero-order chi connectivity index (χ0) is 13.4. The largest absolute Gasteiger partial charge is 0.480 e. The molecule has 0 aromatic carbocycles. The van der Waals surface area contributed by atoms with Crippen molar-refractivity contribution in [3.05, 3.63) is 11.6 Å². The van der Waals surface area contributed by atoms with Crippen molar-refractivity contribution in [2.75, 3.05) is 16.8 Å². The summed E-state index contributed by atoms with van der Waals surface area (Å²) in [6.07, 6.45) is 1.90. The Morgan fingerprint density at radius 2 is 2.39 bits per heavy atom. The van der Waals surface area contributed by atoms with Crippen LogP contribution in [0.4, 0.5) is 5.13 Å². The highest BCUT2D eigenvalue weighted by molar-refractivity contribution is 8.00. The van der Waals surface area contributed by atoms with Crippen molar-refractivity contribution in [2.24, 2.45) is 0 Å². The number of thioether (sulfide) groups is 1. The molecule has 1 unspecified atom stereocenters. The summed E-state index contributed by atoms with van der Waals surface area (Å²) < 4.78 is 0. The maximum Gasteiger partial charge on any atom is 0.327 e. The van der Waals surface area contributed by atoms with Gasteiger partial charge < -0.3 is 15.7 Å². The topological polar surface area (TPSA) is 108 Å². The number of nitrogens with zero attached hydrogens (tertiary/aromatic N) is 1. The van der Waals surface area contributed by atoms with Gasteiger partial charge in [-0.3, -0.25) is 9.59 Å². The molecule has 18 heavy (non-hydrogen) atoms. The Labute approximate surface area is 111 Å². The number of amides is 2. The number of carboxylic acids is 1. The minimum absolute atomic E-state index is 0.101. The lowest BCUT2D eigenvalue weighted by atomic mass is 10.3. The van der Waals surface area contributed by atoms with E-state index in [2.05, 4.69) is 15.6 Å². The zero-order valence-corrected chi connectivity index (χ0v) is 10.8. The first-order valence-corrected chi connectivity index (χ1v) is 6.86. The minimum Gasteiger partial charge on any atom is -0.480 e. The summed E-state index contributed by atoms with van der Waals surface area (Å²) in [5.41, 5.74) is 0. The third kappa shape index (κ3) is 5.15. The minimum atomic E-state index is -1.13. The van der Waals surface area contributed by atoms with Crippen LogP contribution in [-0.4, -0.2) is 45.9 Å². The van der Waals surface area contributed by atoms with E-state index in [0.29, 0.717) is 11.5 Å². The third-order valence-corrected chi connectivity index (χ3v) is 3.49. The van der Waals surface area contributed by atoms with Gasteiger partial charge in [-0.05, 0) is 0 Å². The Morgan fingerprint density at radius 3 is 2.94 bits per heavy atom. The molecule has 0 bridgehead atoms. The molecule has 1 rings (SSSR count). The van der Waals surface area contributed by atoms with Gasteiger partial charge in [0.1, 0.15) is 6.04 Å².